The Bertz CT molecular complexity index is 191. The molecule has 4 N–H and O–H groups in total. The number of rotatable bonds is 1. The quantitative estimate of drug-likeness (QED) is 0.279. The molecular weight excluding hydrogens is 144 g/mol. The Labute approximate surface area is 65.0 Å². The molecule has 0 heterocycles. The van der Waals surface area contributed by atoms with Crippen LogP contribution in [0, 0.1) is 5.92 Å². The van der Waals surface area contributed by atoms with Gasteiger partial charge in [-0.1, -0.05) is 12.2 Å². The first-order valence-electron chi connectivity index (χ1n) is 3.51. The zero-order valence-corrected chi connectivity index (χ0v) is 6.21. The van der Waals surface area contributed by atoms with Gasteiger partial charge >= 0.3 is 0 Å². The van der Waals surface area contributed by atoms with Gasteiger partial charge < -0.3 is 5.73 Å². The number of carbonyl (C=O) groups excluding carboxylic acids is 1. The monoisotopic (exact) mass is 156 g/mol. The number of nitrogens with one attached hydrogen (secondary N) is 1. The van der Waals surface area contributed by atoms with Gasteiger partial charge in [0.2, 0.25) is 5.91 Å². The Morgan fingerprint density at radius 2 is 2.36 bits per heavy atom. The highest BCUT2D eigenvalue weighted by Gasteiger charge is 2.31. The Kier molecular flexibility index (Phi) is 2.26. The molecule has 0 unspecified atom stereocenters. The lowest BCUT2D eigenvalue weighted by Crippen LogP contribution is -2.37. The summed E-state index contributed by atoms with van der Waals surface area (Å²) in [5, 5.41) is 8.31. The SMILES string of the molecule is C=C1C[C@H](N)[C@H](C(=O)NO)C1. The van der Waals surface area contributed by atoms with Crippen molar-refractivity contribution in [3.05, 3.63) is 12.2 Å². The van der Waals surface area contributed by atoms with Gasteiger partial charge in [0.1, 0.15) is 0 Å². The van der Waals surface area contributed by atoms with Crippen LogP contribution in [-0.2, 0) is 4.79 Å². The van der Waals surface area contributed by atoms with Crippen molar-refractivity contribution in [1.29, 1.82) is 0 Å². The number of carbonyl (C=O) groups is 1. The second-order valence-electron chi connectivity index (χ2n) is 2.90. The van der Waals surface area contributed by atoms with Crippen molar-refractivity contribution in [2.24, 2.45) is 11.7 Å². The summed E-state index contributed by atoms with van der Waals surface area (Å²) in [6.45, 7) is 3.73. The minimum atomic E-state index is -0.406. The average Bonchev–Trinajstić information content (AvgIpc) is 2.28. The Balaban J connectivity index is 2.59. The first-order valence-corrected chi connectivity index (χ1v) is 3.51. The standard InChI is InChI=1S/C7H12N2O2/c1-4-2-5(6(8)3-4)7(10)9-11/h5-6,11H,1-3,8H2,(H,9,10)/t5-,6+/m1/s1. The number of hydrogen-bond donors (Lipinski definition) is 3. The molecule has 1 amide bonds. The van der Waals surface area contributed by atoms with Gasteiger partial charge in [-0.25, -0.2) is 5.48 Å². The zero-order valence-electron chi connectivity index (χ0n) is 6.21. The molecule has 0 saturated heterocycles. The summed E-state index contributed by atoms with van der Waals surface area (Å²) >= 11 is 0. The van der Waals surface area contributed by atoms with Crippen molar-refractivity contribution in [1.82, 2.24) is 5.48 Å². The summed E-state index contributed by atoms with van der Waals surface area (Å²) in [6, 6.07) is -0.186. The highest BCUT2D eigenvalue weighted by molar-refractivity contribution is 5.79. The van der Waals surface area contributed by atoms with E-state index in [1.807, 2.05) is 0 Å². The van der Waals surface area contributed by atoms with E-state index in [4.69, 9.17) is 10.9 Å². The van der Waals surface area contributed by atoms with E-state index in [0.717, 1.165) is 5.57 Å². The molecule has 0 aliphatic heterocycles. The molecule has 2 atom stereocenters. The third-order valence-corrected chi connectivity index (χ3v) is 2.00. The lowest BCUT2D eigenvalue weighted by molar-refractivity contribution is -0.133. The summed E-state index contributed by atoms with van der Waals surface area (Å²) in [5.41, 5.74) is 8.19. The average molecular weight is 156 g/mol. The first kappa shape index (κ1) is 8.23. The van der Waals surface area contributed by atoms with Crippen LogP contribution in [0.3, 0.4) is 0 Å². The van der Waals surface area contributed by atoms with Gasteiger partial charge in [0.15, 0.2) is 0 Å². The second kappa shape index (κ2) is 3.02. The zero-order chi connectivity index (χ0) is 8.43. The van der Waals surface area contributed by atoms with Crippen molar-refractivity contribution in [2.45, 2.75) is 18.9 Å². The van der Waals surface area contributed by atoms with Crippen LogP contribution in [-0.4, -0.2) is 17.2 Å². The van der Waals surface area contributed by atoms with Crippen molar-refractivity contribution >= 4 is 5.91 Å². The Hall–Kier alpha value is -0.870. The molecule has 62 valence electrons. The molecule has 4 nitrogen and oxygen atoms in total. The number of amides is 1. The maximum absolute atomic E-state index is 10.9. The fraction of sp³-hybridized carbons (Fsp3) is 0.571. The molecule has 0 spiro atoms. The fourth-order valence-corrected chi connectivity index (χ4v) is 1.39. The van der Waals surface area contributed by atoms with Crippen LogP contribution in [0.15, 0.2) is 12.2 Å². The molecule has 11 heavy (non-hydrogen) atoms. The van der Waals surface area contributed by atoms with E-state index in [0.29, 0.717) is 12.8 Å². The van der Waals surface area contributed by atoms with E-state index in [1.54, 1.807) is 5.48 Å². The summed E-state index contributed by atoms with van der Waals surface area (Å²) in [6.07, 6.45) is 1.27. The van der Waals surface area contributed by atoms with Gasteiger partial charge in [0, 0.05) is 6.04 Å². The molecule has 0 aromatic rings. The molecule has 1 aliphatic rings. The van der Waals surface area contributed by atoms with Crippen molar-refractivity contribution in [2.75, 3.05) is 0 Å². The van der Waals surface area contributed by atoms with Gasteiger partial charge in [-0.05, 0) is 12.8 Å². The predicted octanol–water partition coefficient (Wildman–Crippen LogP) is -0.215. The van der Waals surface area contributed by atoms with Crippen LogP contribution in [0.2, 0.25) is 0 Å². The Morgan fingerprint density at radius 1 is 1.73 bits per heavy atom. The van der Waals surface area contributed by atoms with Crippen LogP contribution in [0.5, 0.6) is 0 Å². The van der Waals surface area contributed by atoms with Crippen molar-refractivity contribution < 1.29 is 10.0 Å². The normalized spacial score (nSPS) is 30.5. The van der Waals surface area contributed by atoms with Crippen LogP contribution >= 0.6 is 0 Å². The van der Waals surface area contributed by atoms with Crippen molar-refractivity contribution in [3.63, 3.8) is 0 Å². The molecule has 1 aliphatic carbocycles. The summed E-state index contributed by atoms with van der Waals surface area (Å²) < 4.78 is 0. The molecule has 0 aromatic heterocycles. The maximum atomic E-state index is 10.9. The van der Waals surface area contributed by atoms with E-state index < -0.39 is 5.91 Å². The molecule has 1 rings (SSSR count). The molecule has 1 saturated carbocycles. The minimum Gasteiger partial charge on any atom is -0.327 e. The summed E-state index contributed by atoms with van der Waals surface area (Å²) in [7, 11) is 0. The topological polar surface area (TPSA) is 75.4 Å². The number of hydroxylamine groups is 1. The molecule has 0 aromatic carbocycles. The number of nitrogens with two attached hydrogens (primary N) is 1. The van der Waals surface area contributed by atoms with E-state index in [2.05, 4.69) is 6.58 Å². The van der Waals surface area contributed by atoms with E-state index in [1.165, 1.54) is 0 Å². The van der Waals surface area contributed by atoms with Gasteiger partial charge in [-0.3, -0.25) is 10.0 Å². The number of hydrogen-bond acceptors (Lipinski definition) is 3. The van der Waals surface area contributed by atoms with Gasteiger partial charge in [-0.2, -0.15) is 0 Å². The smallest absolute Gasteiger partial charge is 0.248 e. The molecule has 4 heteroatoms. The first-order chi connectivity index (χ1) is 5.15. The van der Waals surface area contributed by atoms with E-state index in [9.17, 15) is 4.79 Å². The van der Waals surface area contributed by atoms with Crippen LogP contribution in [0.1, 0.15) is 12.8 Å². The fourth-order valence-electron chi connectivity index (χ4n) is 1.39. The van der Waals surface area contributed by atoms with Gasteiger partial charge in [-0.15, -0.1) is 0 Å². The molecule has 1 fully saturated rings. The van der Waals surface area contributed by atoms with Crippen LogP contribution in [0.4, 0.5) is 0 Å². The highest BCUT2D eigenvalue weighted by atomic mass is 16.5. The van der Waals surface area contributed by atoms with E-state index >= 15 is 0 Å². The van der Waals surface area contributed by atoms with Gasteiger partial charge in [0.25, 0.3) is 0 Å². The summed E-state index contributed by atoms with van der Waals surface area (Å²) in [5.74, 6) is -0.705. The summed E-state index contributed by atoms with van der Waals surface area (Å²) in [4.78, 5) is 10.9. The minimum absolute atomic E-state index is 0.186. The molecule has 0 radical (unpaired) electrons. The molecule has 0 bridgehead atoms. The highest BCUT2D eigenvalue weighted by Crippen LogP contribution is 2.27. The Morgan fingerprint density at radius 3 is 2.73 bits per heavy atom. The van der Waals surface area contributed by atoms with Crippen molar-refractivity contribution in [3.8, 4) is 0 Å². The third-order valence-electron chi connectivity index (χ3n) is 2.00. The van der Waals surface area contributed by atoms with Gasteiger partial charge in [0.05, 0.1) is 5.92 Å². The largest absolute Gasteiger partial charge is 0.327 e. The van der Waals surface area contributed by atoms with Crippen LogP contribution < -0.4 is 11.2 Å². The lowest BCUT2D eigenvalue weighted by atomic mass is 10.0. The second-order valence-corrected chi connectivity index (χ2v) is 2.90. The maximum Gasteiger partial charge on any atom is 0.248 e. The molecular formula is C7H12N2O2. The third kappa shape index (κ3) is 1.58. The van der Waals surface area contributed by atoms with E-state index in [-0.39, 0.29) is 12.0 Å². The lowest BCUT2D eigenvalue weighted by Gasteiger charge is -2.10. The van der Waals surface area contributed by atoms with Crippen LogP contribution in [0.25, 0.3) is 0 Å². The predicted molar refractivity (Wildman–Crippen MR) is 39.8 cm³/mol.